The fraction of sp³-hybridized carbons (Fsp3) is 0.545. The minimum absolute atomic E-state index is 0. The number of rotatable bonds is 2. The van der Waals surface area contributed by atoms with E-state index in [0.717, 1.165) is 11.8 Å². The normalized spacial score (nSPS) is 18.5. The van der Waals surface area contributed by atoms with Crippen molar-refractivity contribution in [1.82, 2.24) is 0 Å². The van der Waals surface area contributed by atoms with Gasteiger partial charge in [-0.15, -0.1) is 0 Å². The number of hydrogen-bond acceptors (Lipinski definition) is 0. The van der Waals surface area contributed by atoms with Crippen molar-refractivity contribution in [3.63, 3.8) is 0 Å². The van der Waals surface area contributed by atoms with E-state index in [1.807, 2.05) is 12.1 Å². The van der Waals surface area contributed by atoms with Gasteiger partial charge >= 0.3 is 21.7 Å². The minimum atomic E-state index is 0. The summed E-state index contributed by atoms with van der Waals surface area (Å²) >= 11 is 0. The van der Waals surface area contributed by atoms with E-state index in [9.17, 15) is 0 Å². The molecule has 1 heteroatoms. The molecule has 0 saturated heterocycles. The summed E-state index contributed by atoms with van der Waals surface area (Å²) < 4.78 is 0. The van der Waals surface area contributed by atoms with Gasteiger partial charge in [-0.1, -0.05) is 58.3 Å². The zero-order valence-corrected chi connectivity index (χ0v) is 16.3. The molecule has 4 rings (SSSR count). The molecule has 2 saturated carbocycles. The molecule has 2 aromatic rings. The number of aryl methyl sites for hydroxylation is 2. The summed E-state index contributed by atoms with van der Waals surface area (Å²) in [6.45, 7) is 4.41. The van der Waals surface area contributed by atoms with Gasteiger partial charge in [0.1, 0.15) is 0 Å². The predicted molar refractivity (Wildman–Crippen MR) is 96.0 cm³/mol. The molecule has 0 unspecified atom stereocenters. The van der Waals surface area contributed by atoms with E-state index in [0.29, 0.717) is 0 Å². The molecule has 2 fully saturated rings. The topological polar surface area (TPSA) is 0 Å². The molecule has 2 aliphatic rings. The molecular formula is C22H30Ti. The van der Waals surface area contributed by atoms with Crippen LogP contribution >= 0.6 is 0 Å². The third kappa shape index (κ3) is 4.71. The van der Waals surface area contributed by atoms with Crippen LogP contribution < -0.4 is 0 Å². The molecule has 0 atom stereocenters. The van der Waals surface area contributed by atoms with E-state index in [1.54, 1.807) is 16.7 Å². The molecule has 0 bridgehead atoms. The molecule has 0 spiro atoms. The van der Waals surface area contributed by atoms with E-state index in [2.05, 4.69) is 38.1 Å². The van der Waals surface area contributed by atoms with E-state index < -0.39 is 0 Å². The molecule has 0 nitrogen and oxygen atoms in total. The van der Waals surface area contributed by atoms with Gasteiger partial charge in [-0.2, -0.15) is 40.5 Å². The van der Waals surface area contributed by atoms with Crippen molar-refractivity contribution in [2.75, 3.05) is 0 Å². The summed E-state index contributed by atoms with van der Waals surface area (Å²) in [5, 5.41) is 0. The van der Waals surface area contributed by atoms with E-state index in [4.69, 9.17) is 0 Å². The molecule has 0 heterocycles. The van der Waals surface area contributed by atoms with E-state index in [-0.39, 0.29) is 21.7 Å². The molecule has 2 aromatic carbocycles. The summed E-state index contributed by atoms with van der Waals surface area (Å²) in [4.78, 5) is 0. The van der Waals surface area contributed by atoms with Crippen LogP contribution in [-0.4, -0.2) is 0 Å². The third-order valence-electron chi connectivity index (χ3n) is 5.64. The SMILES string of the molecule is C[c-]1ccc(C2CCCC2)c1C1CCCC1.Cc1ccc[cH-]1.[Ti+2]. The quantitative estimate of drug-likeness (QED) is 0.419. The maximum Gasteiger partial charge on any atom is 2.00 e. The molecule has 0 aliphatic heterocycles. The fourth-order valence-electron chi connectivity index (χ4n) is 4.46. The van der Waals surface area contributed by atoms with Crippen LogP contribution in [0.25, 0.3) is 0 Å². The second-order valence-electron chi connectivity index (χ2n) is 7.31. The van der Waals surface area contributed by atoms with Crippen LogP contribution in [0.3, 0.4) is 0 Å². The average molecular weight is 342 g/mol. The molecule has 23 heavy (non-hydrogen) atoms. The maximum atomic E-state index is 2.44. The Hall–Kier alpha value is -0.586. The van der Waals surface area contributed by atoms with Crippen molar-refractivity contribution < 1.29 is 21.7 Å². The van der Waals surface area contributed by atoms with Gasteiger partial charge in [-0.05, 0) is 18.8 Å². The molecule has 122 valence electrons. The zero-order valence-electron chi connectivity index (χ0n) is 14.8. The molecule has 0 amide bonds. The van der Waals surface area contributed by atoms with Crippen LogP contribution in [0.4, 0.5) is 0 Å². The van der Waals surface area contributed by atoms with E-state index >= 15 is 0 Å². The maximum absolute atomic E-state index is 2.44. The van der Waals surface area contributed by atoms with Gasteiger partial charge in [-0.25, -0.2) is 18.2 Å². The van der Waals surface area contributed by atoms with Crippen molar-refractivity contribution in [3.8, 4) is 0 Å². The summed E-state index contributed by atoms with van der Waals surface area (Å²) in [5.74, 6) is 1.81. The Morgan fingerprint density at radius 3 is 2.04 bits per heavy atom. The second-order valence-corrected chi connectivity index (χ2v) is 7.31. The average Bonchev–Trinajstić information content (AvgIpc) is 3.27. The monoisotopic (exact) mass is 342 g/mol. The molecule has 2 aliphatic carbocycles. The van der Waals surface area contributed by atoms with Crippen LogP contribution in [0.15, 0.2) is 36.4 Å². The van der Waals surface area contributed by atoms with Crippen molar-refractivity contribution in [3.05, 3.63) is 58.7 Å². The first-order valence-electron chi connectivity index (χ1n) is 9.20. The summed E-state index contributed by atoms with van der Waals surface area (Å²) in [5.41, 5.74) is 6.43. The summed E-state index contributed by atoms with van der Waals surface area (Å²) in [7, 11) is 0. The zero-order chi connectivity index (χ0) is 15.4. The van der Waals surface area contributed by atoms with Gasteiger partial charge in [0.05, 0.1) is 0 Å². The Labute approximate surface area is 157 Å². The second kappa shape index (κ2) is 9.04. The Bertz CT molecular complexity index is 549. The Kier molecular flexibility index (Phi) is 7.37. The van der Waals surface area contributed by atoms with Gasteiger partial charge in [0, 0.05) is 0 Å². The summed E-state index contributed by atoms with van der Waals surface area (Å²) in [6, 6.07) is 13.1. The predicted octanol–water partition coefficient (Wildman–Crippen LogP) is 6.74. The molecule has 0 aromatic heterocycles. The van der Waals surface area contributed by atoms with Gasteiger partial charge in [0.2, 0.25) is 0 Å². The van der Waals surface area contributed by atoms with E-state index in [1.165, 1.54) is 56.9 Å². The summed E-state index contributed by atoms with van der Waals surface area (Å²) in [6.07, 6.45) is 11.6. The van der Waals surface area contributed by atoms with Crippen molar-refractivity contribution in [2.45, 2.75) is 77.0 Å². The first kappa shape index (κ1) is 18.7. The third-order valence-corrected chi connectivity index (χ3v) is 5.64. The van der Waals surface area contributed by atoms with Crippen LogP contribution in [0, 0.1) is 13.8 Å². The largest absolute Gasteiger partial charge is 2.00 e. The van der Waals surface area contributed by atoms with Crippen LogP contribution in [0.2, 0.25) is 0 Å². The smallest absolute Gasteiger partial charge is 0.213 e. The Morgan fingerprint density at radius 1 is 0.957 bits per heavy atom. The molecule has 0 radical (unpaired) electrons. The van der Waals surface area contributed by atoms with Crippen molar-refractivity contribution >= 4 is 0 Å². The molecular weight excluding hydrogens is 312 g/mol. The van der Waals surface area contributed by atoms with Crippen molar-refractivity contribution in [2.24, 2.45) is 0 Å². The standard InChI is InChI=1S/C16H23.C6H7.Ti/c1-12-10-11-15(13-6-2-3-7-13)16(12)14-8-4-5-9-14;1-6-4-2-3-5-6;/h10-11,13-14H,2-9H2,1H3;2-5H,1H3;/q2*-1;+2. The first-order chi connectivity index (χ1) is 10.8. The van der Waals surface area contributed by atoms with Gasteiger partial charge in [0.25, 0.3) is 0 Å². The minimum Gasteiger partial charge on any atom is -0.213 e. The number of hydrogen-bond donors (Lipinski definition) is 0. The van der Waals surface area contributed by atoms with Gasteiger partial charge in [-0.3, -0.25) is 0 Å². The van der Waals surface area contributed by atoms with Gasteiger partial charge < -0.3 is 0 Å². The Morgan fingerprint density at radius 2 is 1.57 bits per heavy atom. The van der Waals surface area contributed by atoms with Crippen LogP contribution in [0.5, 0.6) is 0 Å². The van der Waals surface area contributed by atoms with Crippen LogP contribution in [0.1, 0.15) is 85.5 Å². The molecule has 0 N–H and O–H groups in total. The van der Waals surface area contributed by atoms with Crippen molar-refractivity contribution in [1.29, 1.82) is 0 Å². The Balaban J connectivity index is 0.000000234. The van der Waals surface area contributed by atoms with Crippen LogP contribution in [-0.2, 0) is 21.7 Å². The fourth-order valence-corrected chi connectivity index (χ4v) is 4.46. The first-order valence-corrected chi connectivity index (χ1v) is 9.20. The van der Waals surface area contributed by atoms with Gasteiger partial charge in [0.15, 0.2) is 0 Å².